The van der Waals surface area contributed by atoms with Gasteiger partial charge in [-0.1, -0.05) is 38.5 Å². The molecule has 1 aliphatic carbocycles. The Morgan fingerprint density at radius 1 is 0.889 bits per heavy atom. The number of aromatic nitrogens is 4. The van der Waals surface area contributed by atoms with E-state index in [4.69, 9.17) is 15.1 Å². The van der Waals surface area contributed by atoms with Crippen molar-refractivity contribution < 1.29 is 0 Å². The molecule has 7 heteroatoms. The summed E-state index contributed by atoms with van der Waals surface area (Å²) < 4.78 is 1.96. The van der Waals surface area contributed by atoms with Crippen LogP contribution >= 0.6 is 11.3 Å². The Morgan fingerprint density at radius 3 is 2.50 bits per heavy atom. The van der Waals surface area contributed by atoms with Crippen LogP contribution in [0.4, 0.5) is 5.82 Å². The molecule has 0 amide bonds. The van der Waals surface area contributed by atoms with E-state index in [1.54, 1.807) is 0 Å². The SMILES string of the molecule is Cn1nc(-c2cnc(C3CCCN(CC4CCCCC4)C3)s2)c2ccc(N3CCCCCCC3)nc21. The van der Waals surface area contributed by atoms with Crippen molar-refractivity contribution in [3.05, 3.63) is 23.3 Å². The zero-order valence-corrected chi connectivity index (χ0v) is 22.8. The van der Waals surface area contributed by atoms with Gasteiger partial charge in [-0.2, -0.15) is 5.10 Å². The van der Waals surface area contributed by atoms with Gasteiger partial charge in [0.05, 0.1) is 9.88 Å². The first-order valence-electron chi connectivity index (χ1n) is 14.5. The molecule has 1 atom stereocenters. The molecule has 3 fully saturated rings. The van der Waals surface area contributed by atoms with E-state index >= 15 is 0 Å². The number of piperidine rings is 1. The Kier molecular flexibility index (Phi) is 7.56. The van der Waals surface area contributed by atoms with Gasteiger partial charge < -0.3 is 9.80 Å². The molecule has 36 heavy (non-hydrogen) atoms. The van der Waals surface area contributed by atoms with Gasteiger partial charge in [-0.3, -0.25) is 0 Å². The van der Waals surface area contributed by atoms with Gasteiger partial charge in [0, 0.05) is 50.7 Å². The summed E-state index contributed by atoms with van der Waals surface area (Å²) in [6, 6.07) is 4.45. The number of nitrogens with zero attached hydrogens (tertiary/aromatic N) is 6. The Bertz CT molecular complexity index is 1140. The van der Waals surface area contributed by atoms with E-state index in [2.05, 4.69) is 28.1 Å². The van der Waals surface area contributed by atoms with Crippen molar-refractivity contribution in [2.45, 2.75) is 83.0 Å². The van der Waals surface area contributed by atoms with Crippen LogP contribution in [0.5, 0.6) is 0 Å². The zero-order chi connectivity index (χ0) is 24.3. The summed E-state index contributed by atoms with van der Waals surface area (Å²) in [6.45, 7) is 5.96. The van der Waals surface area contributed by atoms with Crippen LogP contribution in [-0.4, -0.2) is 57.4 Å². The van der Waals surface area contributed by atoms with Gasteiger partial charge in [-0.25, -0.2) is 14.6 Å². The number of pyridine rings is 1. The topological polar surface area (TPSA) is 50.1 Å². The van der Waals surface area contributed by atoms with Crippen molar-refractivity contribution in [2.24, 2.45) is 13.0 Å². The minimum atomic E-state index is 0.563. The maximum absolute atomic E-state index is 5.08. The van der Waals surface area contributed by atoms with Crippen LogP contribution in [0.1, 0.15) is 88.0 Å². The second-order valence-corrected chi connectivity index (χ2v) is 12.5. The number of fused-ring (bicyclic) bond motifs is 1. The van der Waals surface area contributed by atoms with Crippen molar-refractivity contribution in [2.75, 3.05) is 37.6 Å². The second-order valence-electron chi connectivity index (χ2n) is 11.4. The molecule has 0 radical (unpaired) electrons. The predicted octanol–water partition coefficient (Wildman–Crippen LogP) is 6.62. The summed E-state index contributed by atoms with van der Waals surface area (Å²) in [5.41, 5.74) is 2.02. The van der Waals surface area contributed by atoms with E-state index in [9.17, 15) is 0 Å². The summed E-state index contributed by atoms with van der Waals surface area (Å²) in [5, 5.41) is 7.36. The number of likely N-dealkylation sites (tertiary alicyclic amines) is 1. The van der Waals surface area contributed by atoms with E-state index in [1.807, 2.05) is 23.1 Å². The smallest absolute Gasteiger partial charge is 0.160 e. The highest BCUT2D eigenvalue weighted by molar-refractivity contribution is 7.15. The van der Waals surface area contributed by atoms with Gasteiger partial charge in [-0.05, 0) is 63.1 Å². The molecule has 6 rings (SSSR count). The normalized spacial score (nSPS) is 23.1. The summed E-state index contributed by atoms with van der Waals surface area (Å²) in [4.78, 5) is 16.4. The molecule has 0 bridgehead atoms. The predicted molar refractivity (Wildman–Crippen MR) is 150 cm³/mol. The highest BCUT2D eigenvalue weighted by atomic mass is 32.1. The fourth-order valence-corrected chi connectivity index (χ4v) is 7.74. The monoisotopic (exact) mass is 506 g/mol. The standard InChI is InChI=1S/C29H42N6S/c1-33-28-24(14-15-26(31-28)35-17-8-3-2-4-9-18-35)27(32-33)25-19-30-29(36-25)23-13-10-16-34(21-23)20-22-11-6-5-7-12-22/h14-15,19,22-23H,2-13,16-18,20-21H2,1H3. The third kappa shape index (κ3) is 5.33. The fraction of sp³-hybridized carbons (Fsp3) is 0.690. The van der Waals surface area contributed by atoms with Crippen LogP contribution in [0.2, 0.25) is 0 Å². The van der Waals surface area contributed by atoms with Crippen LogP contribution in [0.3, 0.4) is 0 Å². The third-order valence-electron chi connectivity index (χ3n) is 8.70. The van der Waals surface area contributed by atoms with Gasteiger partial charge in [0.25, 0.3) is 0 Å². The largest absolute Gasteiger partial charge is 0.357 e. The van der Waals surface area contributed by atoms with E-state index in [0.29, 0.717) is 5.92 Å². The lowest BCUT2D eigenvalue weighted by Crippen LogP contribution is -2.38. The van der Waals surface area contributed by atoms with Crippen molar-refractivity contribution in [3.63, 3.8) is 0 Å². The lowest BCUT2D eigenvalue weighted by molar-refractivity contribution is 0.160. The molecule has 3 aromatic rings. The molecule has 5 heterocycles. The molecule has 2 saturated heterocycles. The fourth-order valence-electron chi connectivity index (χ4n) is 6.70. The van der Waals surface area contributed by atoms with Crippen LogP contribution in [0.15, 0.2) is 18.3 Å². The van der Waals surface area contributed by atoms with E-state index in [1.165, 1.54) is 107 Å². The molecule has 0 aromatic carbocycles. The quantitative estimate of drug-likeness (QED) is 0.389. The van der Waals surface area contributed by atoms with E-state index < -0.39 is 0 Å². The molecule has 0 N–H and O–H groups in total. The average molecular weight is 507 g/mol. The van der Waals surface area contributed by atoms with Gasteiger partial charge >= 0.3 is 0 Å². The maximum Gasteiger partial charge on any atom is 0.160 e. The van der Waals surface area contributed by atoms with Gasteiger partial charge in [0.1, 0.15) is 11.5 Å². The van der Waals surface area contributed by atoms with Crippen LogP contribution in [0.25, 0.3) is 21.6 Å². The Balaban J connectivity index is 1.18. The average Bonchev–Trinajstić information content (AvgIpc) is 3.50. The molecule has 6 nitrogen and oxygen atoms in total. The maximum atomic E-state index is 5.08. The van der Waals surface area contributed by atoms with Crippen molar-refractivity contribution in [3.8, 4) is 10.6 Å². The van der Waals surface area contributed by atoms with Gasteiger partial charge in [-0.15, -0.1) is 11.3 Å². The molecule has 194 valence electrons. The first kappa shape index (κ1) is 24.4. The molecule has 1 unspecified atom stereocenters. The second kappa shape index (κ2) is 11.2. The number of rotatable bonds is 5. The number of hydrogen-bond donors (Lipinski definition) is 0. The zero-order valence-electron chi connectivity index (χ0n) is 22.0. The molecular formula is C29H42N6S. The Hall–Kier alpha value is -1.99. The lowest BCUT2D eigenvalue weighted by atomic mass is 9.88. The van der Waals surface area contributed by atoms with Gasteiger partial charge in [0.15, 0.2) is 5.65 Å². The highest BCUT2D eigenvalue weighted by Gasteiger charge is 2.27. The number of anilines is 1. The van der Waals surface area contributed by atoms with Crippen LogP contribution < -0.4 is 4.90 Å². The Morgan fingerprint density at radius 2 is 1.67 bits per heavy atom. The molecule has 3 aliphatic rings. The van der Waals surface area contributed by atoms with Crippen molar-refractivity contribution in [1.82, 2.24) is 24.6 Å². The first-order valence-corrected chi connectivity index (χ1v) is 15.3. The molecule has 0 spiro atoms. The molecule has 1 saturated carbocycles. The van der Waals surface area contributed by atoms with E-state index in [-0.39, 0.29) is 0 Å². The summed E-state index contributed by atoms with van der Waals surface area (Å²) >= 11 is 1.85. The van der Waals surface area contributed by atoms with Gasteiger partial charge in [0.2, 0.25) is 0 Å². The minimum Gasteiger partial charge on any atom is -0.357 e. The number of aryl methyl sites for hydroxylation is 1. The van der Waals surface area contributed by atoms with E-state index in [0.717, 1.165) is 41.6 Å². The first-order chi connectivity index (χ1) is 17.7. The molecule has 3 aromatic heterocycles. The molecular weight excluding hydrogens is 464 g/mol. The number of hydrogen-bond acceptors (Lipinski definition) is 6. The summed E-state index contributed by atoms with van der Waals surface area (Å²) in [7, 11) is 2.03. The van der Waals surface area contributed by atoms with Crippen molar-refractivity contribution in [1.29, 1.82) is 0 Å². The lowest BCUT2D eigenvalue weighted by Gasteiger charge is -2.35. The third-order valence-corrected chi connectivity index (χ3v) is 9.87. The summed E-state index contributed by atoms with van der Waals surface area (Å²) in [5.74, 6) is 2.58. The summed E-state index contributed by atoms with van der Waals surface area (Å²) in [6.07, 6.45) is 18.4. The molecule has 2 aliphatic heterocycles. The highest BCUT2D eigenvalue weighted by Crippen LogP contribution is 2.37. The van der Waals surface area contributed by atoms with Crippen LogP contribution in [0, 0.1) is 5.92 Å². The minimum absolute atomic E-state index is 0.563. The van der Waals surface area contributed by atoms with Crippen LogP contribution in [-0.2, 0) is 7.05 Å². The Labute approximate surface area is 220 Å². The van der Waals surface area contributed by atoms with Crippen molar-refractivity contribution >= 4 is 28.2 Å². The number of thiazole rings is 1.